The highest BCUT2D eigenvalue weighted by Crippen LogP contribution is 2.28. The Labute approximate surface area is 156 Å². The van der Waals surface area contributed by atoms with Gasteiger partial charge in [-0.05, 0) is 35.4 Å². The van der Waals surface area contributed by atoms with E-state index in [-0.39, 0.29) is 6.04 Å². The lowest BCUT2D eigenvalue weighted by molar-refractivity contribution is 0.454. The number of guanidine groups is 1. The second-order valence-electron chi connectivity index (χ2n) is 5.59. The summed E-state index contributed by atoms with van der Waals surface area (Å²) < 4.78 is 0. The van der Waals surface area contributed by atoms with Gasteiger partial charge in [-0.25, -0.2) is 4.99 Å². The van der Waals surface area contributed by atoms with Crippen LogP contribution >= 0.6 is 35.0 Å². The molecule has 3 rings (SSSR count). The number of rotatable bonds is 3. The summed E-state index contributed by atoms with van der Waals surface area (Å²) in [5, 5.41) is 1.41. The van der Waals surface area contributed by atoms with E-state index in [4.69, 9.17) is 33.9 Å². The smallest absolute Gasteiger partial charge is 0.192 e. The van der Waals surface area contributed by atoms with Crippen LogP contribution in [-0.2, 0) is 0 Å². The minimum atomic E-state index is -0.172. The number of aliphatic imine (C=N–C) groups is 1. The Bertz CT molecular complexity index is 650. The molecule has 2 aromatic carbocycles. The average Bonchev–Trinajstić information content (AvgIpc) is 2.62. The number of nitrogens with two attached hydrogens (primary N) is 1. The molecule has 1 fully saturated rings. The standard InChI is InChI=1S/C18H19Cl2N3S/c19-15-5-1-13(2-6-15)17(14-3-7-16(20)8-4-14)22-18(21)23-9-11-24-12-10-23/h1-8,17H,9-12H2,(H2,21,22). The van der Waals surface area contributed by atoms with Gasteiger partial charge in [-0.1, -0.05) is 47.5 Å². The van der Waals surface area contributed by atoms with Crippen LogP contribution in [0.25, 0.3) is 0 Å². The molecule has 1 aliphatic heterocycles. The molecule has 0 amide bonds. The zero-order valence-corrected chi connectivity index (χ0v) is 15.5. The minimum Gasteiger partial charge on any atom is -0.370 e. The van der Waals surface area contributed by atoms with E-state index in [1.165, 1.54) is 0 Å². The van der Waals surface area contributed by atoms with Gasteiger partial charge in [0.25, 0.3) is 0 Å². The minimum absolute atomic E-state index is 0.172. The van der Waals surface area contributed by atoms with E-state index in [2.05, 4.69) is 4.90 Å². The Balaban J connectivity index is 1.94. The molecule has 0 aromatic heterocycles. The molecule has 6 heteroatoms. The zero-order chi connectivity index (χ0) is 16.9. The Morgan fingerprint density at radius 2 is 1.38 bits per heavy atom. The van der Waals surface area contributed by atoms with E-state index in [0.717, 1.165) is 35.7 Å². The summed E-state index contributed by atoms with van der Waals surface area (Å²) >= 11 is 14.0. The van der Waals surface area contributed by atoms with Crippen molar-refractivity contribution in [2.45, 2.75) is 6.04 Å². The van der Waals surface area contributed by atoms with E-state index in [1.54, 1.807) is 0 Å². The fourth-order valence-electron chi connectivity index (χ4n) is 2.64. The Hall–Kier alpha value is -1.36. The molecule has 24 heavy (non-hydrogen) atoms. The van der Waals surface area contributed by atoms with Crippen molar-refractivity contribution in [3.05, 3.63) is 69.7 Å². The summed E-state index contributed by atoms with van der Waals surface area (Å²) in [5.41, 5.74) is 8.40. The van der Waals surface area contributed by atoms with Crippen molar-refractivity contribution in [3.63, 3.8) is 0 Å². The van der Waals surface area contributed by atoms with Crippen LogP contribution in [0.4, 0.5) is 0 Å². The second-order valence-corrected chi connectivity index (χ2v) is 7.69. The van der Waals surface area contributed by atoms with Crippen LogP contribution < -0.4 is 5.73 Å². The fourth-order valence-corrected chi connectivity index (χ4v) is 3.79. The molecule has 0 aliphatic carbocycles. The van der Waals surface area contributed by atoms with Crippen molar-refractivity contribution >= 4 is 40.9 Å². The number of nitrogens with zero attached hydrogens (tertiary/aromatic N) is 2. The maximum absolute atomic E-state index is 6.30. The summed E-state index contributed by atoms with van der Waals surface area (Å²) in [4.78, 5) is 6.97. The van der Waals surface area contributed by atoms with Gasteiger partial charge in [0.15, 0.2) is 5.96 Å². The highest BCUT2D eigenvalue weighted by molar-refractivity contribution is 7.99. The third-order valence-electron chi connectivity index (χ3n) is 3.97. The van der Waals surface area contributed by atoms with Crippen LogP contribution in [0.5, 0.6) is 0 Å². The van der Waals surface area contributed by atoms with Crippen molar-refractivity contribution in [1.82, 2.24) is 4.90 Å². The van der Waals surface area contributed by atoms with Gasteiger partial charge in [0.05, 0.1) is 0 Å². The van der Waals surface area contributed by atoms with Gasteiger partial charge in [0.2, 0.25) is 0 Å². The molecule has 3 nitrogen and oxygen atoms in total. The maximum atomic E-state index is 6.30. The maximum Gasteiger partial charge on any atom is 0.192 e. The summed E-state index contributed by atoms with van der Waals surface area (Å²) in [6, 6.07) is 15.3. The van der Waals surface area contributed by atoms with Gasteiger partial charge in [-0.3, -0.25) is 0 Å². The topological polar surface area (TPSA) is 41.6 Å². The molecular formula is C18H19Cl2N3S. The van der Waals surface area contributed by atoms with Crippen LogP contribution in [0.3, 0.4) is 0 Å². The molecule has 2 N–H and O–H groups in total. The molecule has 0 bridgehead atoms. The molecule has 1 aliphatic rings. The first-order valence-corrected chi connectivity index (χ1v) is 9.71. The molecule has 0 spiro atoms. The van der Waals surface area contributed by atoms with Gasteiger partial charge >= 0.3 is 0 Å². The zero-order valence-electron chi connectivity index (χ0n) is 13.2. The lowest BCUT2D eigenvalue weighted by atomic mass is 9.99. The molecule has 2 aromatic rings. The lowest BCUT2D eigenvalue weighted by Crippen LogP contribution is -2.42. The summed E-state index contributed by atoms with van der Waals surface area (Å²) in [5.74, 6) is 2.76. The monoisotopic (exact) mass is 379 g/mol. The normalized spacial score (nSPS) is 15.8. The van der Waals surface area contributed by atoms with Crippen LogP contribution in [0.2, 0.25) is 10.0 Å². The number of benzene rings is 2. The number of hydrogen-bond acceptors (Lipinski definition) is 2. The first-order chi connectivity index (χ1) is 11.6. The summed E-state index contributed by atoms with van der Waals surface area (Å²) in [6.45, 7) is 1.88. The molecular weight excluding hydrogens is 361 g/mol. The van der Waals surface area contributed by atoms with E-state index in [9.17, 15) is 0 Å². The van der Waals surface area contributed by atoms with Gasteiger partial charge in [-0.2, -0.15) is 11.8 Å². The SMILES string of the molecule is NC(=NC(c1ccc(Cl)cc1)c1ccc(Cl)cc1)N1CCSCC1. The first kappa shape index (κ1) is 17.5. The van der Waals surface area contributed by atoms with Gasteiger partial charge in [0, 0.05) is 34.6 Å². The third kappa shape index (κ3) is 4.38. The van der Waals surface area contributed by atoms with E-state index in [1.807, 2.05) is 60.3 Å². The molecule has 126 valence electrons. The predicted octanol–water partition coefficient (Wildman–Crippen LogP) is 4.45. The average molecular weight is 380 g/mol. The van der Waals surface area contributed by atoms with Gasteiger partial charge in [-0.15, -0.1) is 0 Å². The Morgan fingerprint density at radius 1 is 0.917 bits per heavy atom. The molecule has 1 saturated heterocycles. The van der Waals surface area contributed by atoms with Crippen molar-refractivity contribution in [2.24, 2.45) is 10.7 Å². The van der Waals surface area contributed by atoms with E-state index in [0.29, 0.717) is 16.0 Å². The van der Waals surface area contributed by atoms with Crippen LogP contribution in [0.15, 0.2) is 53.5 Å². The van der Waals surface area contributed by atoms with Crippen LogP contribution in [0.1, 0.15) is 17.2 Å². The third-order valence-corrected chi connectivity index (χ3v) is 5.41. The Kier molecular flexibility index (Phi) is 5.93. The quantitative estimate of drug-likeness (QED) is 0.632. The van der Waals surface area contributed by atoms with E-state index < -0.39 is 0 Å². The van der Waals surface area contributed by atoms with Gasteiger partial charge < -0.3 is 10.6 Å². The Morgan fingerprint density at radius 3 is 1.83 bits per heavy atom. The highest BCUT2D eigenvalue weighted by atomic mass is 35.5. The summed E-state index contributed by atoms with van der Waals surface area (Å²) in [7, 11) is 0. The largest absolute Gasteiger partial charge is 0.370 e. The van der Waals surface area contributed by atoms with Crippen molar-refractivity contribution in [3.8, 4) is 0 Å². The van der Waals surface area contributed by atoms with E-state index >= 15 is 0 Å². The molecule has 1 heterocycles. The summed E-state index contributed by atoms with van der Waals surface area (Å²) in [6.07, 6.45) is 0. The van der Waals surface area contributed by atoms with Crippen molar-refractivity contribution in [1.29, 1.82) is 0 Å². The first-order valence-electron chi connectivity index (χ1n) is 7.80. The fraction of sp³-hybridized carbons (Fsp3) is 0.278. The van der Waals surface area contributed by atoms with Crippen LogP contribution in [-0.4, -0.2) is 35.5 Å². The van der Waals surface area contributed by atoms with Gasteiger partial charge in [0.1, 0.15) is 6.04 Å². The number of thioether (sulfide) groups is 1. The molecule has 0 saturated carbocycles. The molecule has 0 unspecified atom stereocenters. The molecule has 0 atom stereocenters. The van der Waals surface area contributed by atoms with Crippen LogP contribution in [0, 0.1) is 0 Å². The lowest BCUT2D eigenvalue weighted by Gasteiger charge is -2.28. The number of hydrogen-bond donors (Lipinski definition) is 1. The second kappa shape index (κ2) is 8.15. The van der Waals surface area contributed by atoms with Crippen molar-refractivity contribution < 1.29 is 0 Å². The highest BCUT2D eigenvalue weighted by Gasteiger charge is 2.17. The number of halogens is 2. The van der Waals surface area contributed by atoms with Crippen molar-refractivity contribution in [2.75, 3.05) is 24.6 Å². The molecule has 0 radical (unpaired) electrons. The predicted molar refractivity (Wildman–Crippen MR) is 105 cm³/mol.